The molecule has 0 aliphatic carbocycles. The first-order valence-electron chi connectivity index (χ1n) is 8.73. The van der Waals surface area contributed by atoms with Gasteiger partial charge in [-0.05, 0) is 51.0 Å². The lowest BCUT2D eigenvalue weighted by Gasteiger charge is -2.16. The number of nitrogens with one attached hydrogen (secondary N) is 2. The van der Waals surface area contributed by atoms with Crippen LogP contribution in [0.2, 0.25) is 0 Å². The van der Waals surface area contributed by atoms with Crippen LogP contribution in [0.25, 0.3) is 0 Å². The molecule has 1 unspecified atom stereocenters. The van der Waals surface area contributed by atoms with Gasteiger partial charge in [0.1, 0.15) is 6.54 Å². The van der Waals surface area contributed by atoms with E-state index in [1.165, 1.54) is 19.1 Å². The van der Waals surface area contributed by atoms with Crippen LogP contribution in [-0.4, -0.2) is 32.9 Å². The van der Waals surface area contributed by atoms with Crippen molar-refractivity contribution < 1.29 is 22.7 Å². The van der Waals surface area contributed by atoms with Crippen LogP contribution < -0.4 is 10.0 Å². The average molecular weight is 404 g/mol. The van der Waals surface area contributed by atoms with Crippen LogP contribution in [0.3, 0.4) is 0 Å². The summed E-state index contributed by atoms with van der Waals surface area (Å²) in [5.74, 6) is -1.34. The third-order valence-electron chi connectivity index (χ3n) is 4.14. The molecule has 2 rings (SSSR count). The number of ether oxygens (including phenoxy) is 1. The van der Waals surface area contributed by atoms with Crippen molar-refractivity contribution in [2.24, 2.45) is 0 Å². The van der Waals surface area contributed by atoms with Gasteiger partial charge in [-0.15, -0.1) is 0 Å². The molecule has 0 saturated carbocycles. The molecule has 7 nitrogen and oxygen atoms in total. The number of carbonyl (C=O) groups is 2. The van der Waals surface area contributed by atoms with E-state index in [0.29, 0.717) is 5.69 Å². The summed E-state index contributed by atoms with van der Waals surface area (Å²) in [6.45, 7) is 6.41. The van der Waals surface area contributed by atoms with Crippen LogP contribution in [-0.2, 0) is 24.3 Å². The van der Waals surface area contributed by atoms with E-state index >= 15 is 0 Å². The van der Waals surface area contributed by atoms with Crippen LogP contribution in [0.15, 0.2) is 47.4 Å². The molecule has 28 heavy (non-hydrogen) atoms. The molecule has 2 aromatic carbocycles. The van der Waals surface area contributed by atoms with Gasteiger partial charge in [-0.2, -0.15) is 4.72 Å². The first kappa shape index (κ1) is 21.6. The van der Waals surface area contributed by atoms with Crippen molar-refractivity contribution in [3.05, 3.63) is 59.2 Å². The molecule has 0 heterocycles. The van der Waals surface area contributed by atoms with Crippen molar-refractivity contribution in [1.29, 1.82) is 0 Å². The standard InChI is InChI=1S/C20H24N2O5S/c1-13-8-10-17(11-9-13)28(25,26)21-12-18(23)27-16(4)20(24)22-19-14(2)6-5-7-15(19)3/h5-11,16,21H,12H2,1-4H3,(H,22,24). The maximum Gasteiger partial charge on any atom is 0.321 e. The molecule has 2 aromatic rings. The van der Waals surface area contributed by atoms with E-state index in [9.17, 15) is 18.0 Å². The molecule has 0 spiro atoms. The number of hydrogen-bond acceptors (Lipinski definition) is 5. The number of carbonyl (C=O) groups excluding carboxylic acids is 2. The highest BCUT2D eigenvalue weighted by Crippen LogP contribution is 2.19. The van der Waals surface area contributed by atoms with Gasteiger partial charge in [-0.25, -0.2) is 8.42 Å². The molecule has 0 aliphatic rings. The summed E-state index contributed by atoms with van der Waals surface area (Å²) in [7, 11) is -3.84. The van der Waals surface area contributed by atoms with Crippen LogP contribution >= 0.6 is 0 Å². The van der Waals surface area contributed by atoms with Crippen molar-refractivity contribution in [3.8, 4) is 0 Å². The van der Waals surface area contributed by atoms with E-state index in [0.717, 1.165) is 16.7 Å². The summed E-state index contributed by atoms with van der Waals surface area (Å²) < 4.78 is 31.6. The Bertz CT molecular complexity index is 948. The van der Waals surface area contributed by atoms with Gasteiger partial charge in [0.25, 0.3) is 5.91 Å². The second-order valence-electron chi connectivity index (χ2n) is 6.53. The Hall–Kier alpha value is -2.71. The lowest BCUT2D eigenvalue weighted by atomic mass is 10.1. The molecular weight excluding hydrogens is 380 g/mol. The largest absolute Gasteiger partial charge is 0.452 e. The maximum atomic E-state index is 12.3. The first-order valence-corrected chi connectivity index (χ1v) is 10.2. The summed E-state index contributed by atoms with van der Waals surface area (Å²) >= 11 is 0. The average Bonchev–Trinajstić information content (AvgIpc) is 2.63. The minimum atomic E-state index is -3.84. The summed E-state index contributed by atoms with van der Waals surface area (Å²) in [5.41, 5.74) is 3.35. The lowest BCUT2D eigenvalue weighted by Crippen LogP contribution is -2.36. The Balaban J connectivity index is 1.91. The Morgan fingerprint density at radius 2 is 1.57 bits per heavy atom. The van der Waals surface area contributed by atoms with Crippen molar-refractivity contribution in [2.45, 2.75) is 38.7 Å². The predicted octanol–water partition coefficient (Wildman–Crippen LogP) is 2.46. The molecule has 1 amide bonds. The fraction of sp³-hybridized carbons (Fsp3) is 0.300. The summed E-state index contributed by atoms with van der Waals surface area (Å²) in [6, 6.07) is 11.8. The van der Waals surface area contributed by atoms with E-state index in [1.54, 1.807) is 12.1 Å². The number of benzene rings is 2. The number of para-hydroxylation sites is 1. The Morgan fingerprint density at radius 3 is 2.14 bits per heavy atom. The molecule has 0 aliphatic heterocycles. The zero-order valence-corrected chi connectivity index (χ0v) is 17.1. The quantitative estimate of drug-likeness (QED) is 0.690. The van der Waals surface area contributed by atoms with Crippen LogP contribution in [0, 0.1) is 20.8 Å². The van der Waals surface area contributed by atoms with Gasteiger partial charge in [0, 0.05) is 5.69 Å². The van der Waals surface area contributed by atoms with Gasteiger partial charge in [0.2, 0.25) is 10.0 Å². The highest BCUT2D eigenvalue weighted by molar-refractivity contribution is 7.89. The summed E-state index contributed by atoms with van der Waals surface area (Å²) in [6.07, 6.45) is -1.07. The number of rotatable bonds is 7. The van der Waals surface area contributed by atoms with Gasteiger partial charge in [-0.3, -0.25) is 9.59 Å². The van der Waals surface area contributed by atoms with E-state index in [1.807, 2.05) is 39.0 Å². The predicted molar refractivity (Wildman–Crippen MR) is 106 cm³/mol. The van der Waals surface area contributed by atoms with Crippen molar-refractivity contribution in [1.82, 2.24) is 4.72 Å². The Kier molecular flexibility index (Phi) is 6.93. The third kappa shape index (κ3) is 5.64. The monoisotopic (exact) mass is 404 g/mol. The van der Waals surface area contributed by atoms with Gasteiger partial charge in [-0.1, -0.05) is 35.9 Å². The molecule has 0 radical (unpaired) electrons. The number of sulfonamides is 1. The second-order valence-corrected chi connectivity index (χ2v) is 8.29. The number of esters is 1. The molecule has 0 bridgehead atoms. The summed E-state index contributed by atoms with van der Waals surface area (Å²) in [5, 5.41) is 2.73. The minimum absolute atomic E-state index is 0.0479. The van der Waals surface area contributed by atoms with E-state index in [2.05, 4.69) is 10.0 Å². The smallest absolute Gasteiger partial charge is 0.321 e. The van der Waals surface area contributed by atoms with Crippen LogP contribution in [0.1, 0.15) is 23.6 Å². The van der Waals surface area contributed by atoms with Gasteiger partial charge >= 0.3 is 5.97 Å². The topological polar surface area (TPSA) is 102 Å². The van der Waals surface area contributed by atoms with Gasteiger partial charge in [0.05, 0.1) is 4.90 Å². The lowest BCUT2D eigenvalue weighted by molar-refractivity contribution is -0.151. The van der Waals surface area contributed by atoms with Gasteiger partial charge in [0.15, 0.2) is 6.10 Å². The molecule has 0 saturated heterocycles. The molecule has 150 valence electrons. The molecule has 2 N–H and O–H groups in total. The van der Waals surface area contributed by atoms with Crippen LogP contribution in [0.4, 0.5) is 5.69 Å². The molecular formula is C20H24N2O5S. The number of hydrogen-bond donors (Lipinski definition) is 2. The fourth-order valence-electron chi connectivity index (χ4n) is 2.48. The molecule has 0 fully saturated rings. The maximum absolute atomic E-state index is 12.3. The van der Waals surface area contributed by atoms with Crippen molar-refractivity contribution in [3.63, 3.8) is 0 Å². The molecule has 0 aromatic heterocycles. The van der Waals surface area contributed by atoms with E-state index < -0.39 is 34.5 Å². The third-order valence-corrected chi connectivity index (χ3v) is 5.56. The highest BCUT2D eigenvalue weighted by atomic mass is 32.2. The SMILES string of the molecule is Cc1ccc(S(=O)(=O)NCC(=O)OC(C)C(=O)Nc2c(C)cccc2C)cc1. The fourth-order valence-corrected chi connectivity index (χ4v) is 3.45. The van der Waals surface area contributed by atoms with Crippen molar-refractivity contribution >= 4 is 27.6 Å². The Morgan fingerprint density at radius 1 is 1.00 bits per heavy atom. The van der Waals surface area contributed by atoms with Crippen molar-refractivity contribution in [2.75, 3.05) is 11.9 Å². The zero-order chi connectivity index (χ0) is 20.9. The normalized spacial score (nSPS) is 12.3. The van der Waals surface area contributed by atoms with Crippen LogP contribution in [0.5, 0.6) is 0 Å². The van der Waals surface area contributed by atoms with E-state index in [4.69, 9.17) is 4.74 Å². The first-order chi connectivity index (χ1) is 13.1. The molecule has 1 atom stereocenters. The number of anilines is 1. The van der Waals surface area contributed by atoms with E-state index in [-0.39, 0.29) is 4.90 Å². The van der Waals surface area contributed by atoms with Gasteiger partial charge < -0.3 is 10.1 Å². The summed E-state index contributed by atoms with van der Waals surface area (Å²) in [4.78, 5) is 24.3. The number of aryl methyl sites for hydroxylation is 3. The Labute approximate surface area is 165 Å². The zero-order valence-electron chi connectivity index (χ0n) is 16.3. The molecule has 8 heteroatoms. The number of amides is 1. The highest BCUT2D eigenvalue weighted by Gasteiger charge is 2.21. The minimum Gasteiger partial charge on any atom is -0.452 e. The second kappa shape index (κ2) is 8.99.